The van der Waals surface area contributed by atoms with Crippen LogP contribution in [0.5, 0.6) is 0 Å². The van der Waals surface area contributed by atoms with Crippen LogP contribution in [0.4, 0.5) is 11.5 Å². The summed E-state index contributed by atoms with van der Waals surface area (Å²) in [5.74, 6) is 0.657. The fourth-order valence-corrected chi connectivity index (χ4v) is 5.10. The maximum absolute atomic E-state index is 13.2. The molecular formula is C19H24N4O4S. The van der Waals surface area contributed by atoms with Gasteiger partial charge in [-0.15, -0.1) is 0 Å². The van der Waals surface area contributed by atoms with Gasteiger partial charge in [0.05, 0.1) is 48.1 Å². The van der Waals surface area contributed by atoms with Crippen LogP contribution in [0.15, 0.2) is 35.5 Å². The van der Waals surface area contributed by atoms with Crippen LogP contribution in [0.1, 0.15) is 6.42 Å². The second-order valence-corrected chi connectivity index (χ2v) is 9.11. The van der Waals surface area contributed by atoms with Crippen molar-refractivity contribution in [2.75, 3.05) is 56.8 Å². The van der Waals surface area contributed by atoms with Crippen molar-refractivity contribution in [1.29, 1.82) is 0 Å². The van der Waals surface area contributed by atoms with E-state index >= 15 is 0 Å². The Morgan fingerprint density at radius 3 is 2.54 bits per heavy atom. The van der Waals surface area contributed by atoms with E-state index in [0.29, 0.717) is 42.6 Å². The summed E-state index contributed by atoms with van der Waals surface area (Å²) in [6.45, 7) is 3.42. The van der Waals surface area contributed by atoms with Gasteiger partial charge in [-0.1, -0.05) is 0 Å². The quantitative estimate of drug-likeness (QED) is 0.803. The molecule has 1 aromatic carbocycles. The van der Waals surface area contributed by atoms with Crippen LogP contribution in [0.2, 0.25) is 0 Å². The van der Waals surface area contributed by atoms with E-state index in [1.165, 1.54) is 0 Å². The van der Waals surface area contributed by atoms with E-state index in [4.69, 9.17) is 9.47 Å². The molecule has 2 aliphatic heterocycles. The summed E-state index contributed by atoms with van der Waals surface area (Å²) < 4.78 is 37.1. The van der Waals surface area contributed by atoms with Crippen LogP contribution < -0.4 is 10.2 Å². The lowest BCUT2D eigenvalue weighted by atomic mass is 10.1. The maximum atomic E-state index is 13.2. The Bertz CT molecular complexity index is 921. The van der Waals surface area contributed by atoms with Gasteiger partial charge in [-0.25, -0.2) is 13.4 Å². The summed E-state index contributed by atoms with van der Waals surface area (Å²) in [4.78, 5) is 11.2. The van der Waals surface area contributed by atoms with Crippen molar-refractivity contribution in [2.24, 2.45) is 0 Å². The molecule has 150 valence electrons. The molecular weight excluding hydrogens is 380 g/mol. The van der Waals surface area contributed by atoms with Crippen molar-refractivity contribution in [3.63, 3.8) is 0 Å². The van der Waals surface area contributed by atoms with Crippen molar-refractivity contribution in [1.82, 2.24) is 9.97 Å². The smallest absolute Gasteiger partial charge is 0.183 e. The van der Waals surface area contributed by atoms with Gasteiger partial charge in [0.1, 0.15) is 5.82 Å². The summed E-state index contributed by atoms with van der Waals surface area (Å²) in [5.41, 5.74) is 2.22. The number of ether oxygens (including phenoxy) is 2. The van der Waals surface area contributed by atoms with Crippen LogP contribution in [-0.4, -0.2) is 70.2 Å². The number of nitrogens with zero attached hydrogens (tertiary/aromatic N) is 3. The standard InChI is InChI=1S/C19H24N4O4S/c1-20-19-12-21-18(11-22-19)14-8-15(23-3-6-26-7-4-23)10-17(9-14)28(24,25)16-2-5-27-13-16/h8-12,16H,2-7,13H2,1H3,(H,20,22). The average Bonchev–Trinajstić information content (AvgIpc) is 3.30. The van der Waals surface area contributed by atoms with E-state index < -0.39 is 15.1 Å². The van der Waals surface area contributed by atoms with Gasteiger partial charge in [-0.05, 0) is 24.6 Å². The molecule has 0 radical (unpaired) electrons. The molecule has 4 rings (SSSR count). The highest BCUT2D eigenvalue weighted by Crippen LogP contribution is 2.31. The maximum Gasteiger partial charge on any atom is 0.183 e. The lowest BCUT2D eigenvalue weighted by Gasteiger charge is -2.29. The first-order valence-electron chi connectivity index (χ1n) is 9.37. The third-order valence-electron chi connectivity index (χ3n) is 5.13. The van der Waals surface area contributed by atoms with E-state index in [9.17, 15) is 8.42 Å². The van der Waals surface area contributed by atoms with Gasteiger partial charge in [-0.2, -0.15) is 0 Å². The van der Waals surface area contributed by atoms with Gasteiger partial charge in [-0.3, -0.25) is 4.98 Å². The predicted molar refractivity (Wildman–Crippen MR) is 106 cm³/mol. The van der Waals surface area contributed by atoms with Gasteiger partial charge in [0.25, 0.3) is 0 Å². The normalized spacial score (nSPS) is 20.3. The first kappa shape index (κ1) is 19.1. The Labute approximate surface area is 164 Å². The van der Waals surface area contributed by atoms with E-state index in [2.05, 4.69) is 20.2 Å². The molecule has 2 fully saturated rings. The molecule has 2 aliphatic rings. The summed E-state index contributed by atoms with van der Waals surface area (Å²) in [5, 5.41) is 2.43. The minimum absolute atomic E-state index is 0.246. The third kappa shape index (κ3) is 3.82. The lowest BCUT2D eigenvalue weighted by Crippen LogP contribution is -2.36. The number of hydrogen-bond donors (Lipinski definition) is 1. The molecule has 3 heterocycles. The number of hydrogen-bond acceptors (Lipinski definition) is 8. The number of benzene rings is 1. The topological polar surface area (TPSA) is 93.7 Å². The molecule has 28 heavy (non-hydrogen) atoms. The monoisotopic (exact) mass is 404 g/mol. The molecule has 2 aromatic rings. The van der Waals surface area contributed by atoms with Gasteiger partial charge in [0.2, 0.25) is 0 Å². The minimum atomic E-state index is -3.49. The predicted octanol–water partition coefficient (Wildman–Crippen LogP) is 1.58. The van der Waals surface area contributed by atoms with Crippen LogP contribution in [0.25, 0.3) is 11.3 Å². The molecule has 9 heteroatoms. The SMILES string of the molecule is CNc1cnc(-c2cc(N3CCOCC3)cc(S(=O)(=O)C3CCOC3)c2)cn1. The van der Waals surface area contributed by atoms with E-state index in [-0.39, 0.29) is 6.61 Å². The highest BCUT2D eigenvalue weighted by Gasteiger charge is 2.32. The zero-order valence-corrected chi connectivity index (χ0v) is 16.6. The number of rotatable bonds is 5. The first-order chi connectivity index (χ1) is 13.6. The Morgan fingerprint density at radius 2 is 1.89 bits per heavy atom. The van der Waals surface area contributed by atoms with E-state index in [1.807, 2.05) is 6.07 Å². The van der Waals surface area contributed by atoms with Gasteiger partial charge in [0.15, 0.2) is 9.84 Å². The minimum Gasteiger partial charge on any atom is -0.380 e. The Kier molecular flexibility index (Phi) is 5.47. The lowest BCUT2D eigenvalue weighted by molar-refractivity contribution is 0.122. The largest absolute Gasteiger partial charge is 0.380 e. The van der Waals surface area contributed by atoms with Crippen molar-refractivity contribution >= 4 is 21.3 Å². The van der Waals surface area contributed by atoms with Crippen molar-refractivity contribution in [3.05, 3.63) is 30.6 Å². The van der Waals surface area contributed by atoms with Crippen molar-refractivity contribution < 1.29 is 17.9 Å². The molecule has 1 atom stereocenters. The summed E-state index contributed by atoms with van der Waals surface area (Å²) in [6.07, 6.45) is 3.81. The highest BCUT2D eigenvalue weighted by molar-refractivity contribution is 7.92. The van der Waals surface area contributed by atoms with Crippen molar-refractivity contribution in [2.45, 2.75) is 16.6 Å². The van der Waals surface area contributed by atoms with Crippen LogP contribution in [0.3, 0.4) is 0 Å². The number of sulfone groups is 1. The molecule has 0 aliphatic carbocycles. The van der Waals surface area contributed by atoms with E-state index in [0.717, 1.165) is 24.3 Å². The zero-order valence-electron chi connectivity index (χ0n) is 15.8. The zero-order chi connectivity index (χ0) is 19.6. The van der Waals surface area contributed by atoms with Gasteiger partial charge in [0, 0.05) is 38.0 Å². The summed E-state index contributed by atoms with van der Waals surface area (Å²) in [6, 6.07) is 5.43. The number of aromatic nitrogens is 2. The molecule has 0 bridgehead atoms. The third-order valence-corrected chi connectivity index (χ3v) is 7.27. The van der Waals surface area contributed by atoms with Crippen LogP contribution in [-0.2, 0) is 19.3 Å². The molecule has 0 spiro atoms. The molecule has 0 saturated carbocycles. The second-order valence-electron chi connectivity index (χ2n) is 6.88. The molecule has 2 saturated heterocycles. The van der Waals surface area contributed by atoms with Gasteiger partial charge >= 0.3 is 0 Å². The highest BCUT2D eigenvalue weighted by atomic mass is 32.2. The molecule has 8 nitrogen and oxygen atoms in total. The molecule has 1 aromatic heterocycles. The van der Waals surface area contributed by atoms with Crippen LogP contribution in [0, 0.1) is 0 Å². The fourth-order valence-electron chi connectivity index (χ4n) is 3.46. The number of morpholine rings is 1. The Hall–Kier alpha value is -2.23. The summed E-state index contributed by atoms with van der Waals surface area (Å²) in [7, 11) is -1.71. The number of nitrogens with one attached hydrogen (secondary N) is 1. The van der Waals surface area contributed by atoms with Crippen molar-refractivity contribution in [3.8, 4) is 11.3 Å². The first-order valence-corrected chi connectivity index (χ1v) is 10.9. The molecule has 1 unspecified atom stereocenters. The second kappa shape index (κ2) is 8.02. The summed E-state index contributed by atoms with van der Waals surface area (Å²) >= 11 is 0. The Balaban J connectivity index is 1.78. The van der Waals surface area contributed by atoms with E-state index in [1.54, 1.807) is 31.6 Å². The molecule has 0 amide bonds. The average molecular weight is 404 g/mol. The number of anilines is 2. The fraction of sp³-hybridized carbons (Fsp3) is 0.474. The van der Waals surface area contributed by atoms with Gasteiger partial charge < -0.3 is 19.7 Å². The Morgan fingerprint density at radius 1 is 1.07 bits per heavy atom. The molecule has 1 N–H and O–H groups in total. The van der Waals surface area contributed by atoms with Crippen LogP contribution >= 0.6 is 0 Å².